The second-order valence-electron chi connectivity index (χ2n) is 12.3. The number of piperidine rings is 1. The summed E-state index contributed by atoms with van der Waals surface area (Å²) in [5, 5.41) is 3.42. The van der Waals surface area contributed by atoms with Crippen LogP contribution < -0.4 is 25.0 Å². The number of rotatable bonds is 11. The van der Waals surface area contributed by atoms with E-state index < -0.39 is 23.0 Å². The standard InChI is InChI=1S/C40H36F2N4O5/c1-49-37-23-28-32(24-38(37)50-21-9-20-45-18-7-2-8-19-45)43-17-16-35(28)51-36-15-14-26(22-31(36)42)44-40(48)29-25-46(34-13-6-4-11-30(34)41)33-12-5-3-10-27(33)39(29)47/h3-6,10-17,22-25H,2,7-9,18-21H2,1H3,(H,44,48). The topological polar surface area (TPSA) is 94.9 Å². The van der Waals surface area contributed by atoms with Crippen LogP contribution in [-0.2, 0) is 0 Å². The van der Waals surface area contributed by atoms with Gasteiger partial charge in [-0.05, 0) is 80.9 Å². The quantitative estimate of drug-likeness (QED) is 0.137. The van der Waals surface area contributed by atoms with E-state index in [1.54, 1.807) is 74.0 Å². The van der Waals surface area contributed by atoms with E-state index in [1.807, 2.05) is 0 Å². The molecular weight excluding hydrogens is 654 g/mol. The molecule has 0 unspecified atom stereocenters. The molecule has 0 saturated carbocycles. The van der Waals surface area contributed by atoms with Crippen LogP contribution >= 0.6 is 0 Å². The maximum atomic E-state index is 15.5. The highest BCUT2D eigenvalue weighted by Crippen LogP contribution is 2.38. The van der Waals surface area contributed by atoms with Crippen LogP contribution in [0.2, 0.25) is 0 Å². The molecule has 2 aromatic heterocycles. The van der Waals surface area contributed by atoms with Crippen LogP contribution in [0.3, 0.4) is 0 Å². The molecule has 0 radical (unpaired) electrons. The van der Waals surface area contributed by atoms with Gasteiger partial charge in [0.1, 0.15) is 17.1 Å². The first kappa shape index (κ1) is 33.7. The smallest absolute Gasteiger partial charge is 0.261 e. The maximum Gasteiger partial charge on any atom is 0.261 e. The number of nitrogens with one attached hydrogen (secondary N) is 1. The van der Waals surface area contributed by atoms with Crippen molar-refractivity contribution >= 4 is 33.4 Å². The van der Waals surface area contributed by atoms with Crippen molar-refractivity contribution in [2.45, 2.75) is 25.7 Å². The normalized spacial score (nSPS) is 13.3. The first-order valence-electron chi connectivity index (χ1n) is 16.9. The molecule has 6 aromatic rings. The van der Waals surface area contributed by atoms with Gasteiger partial charge in [0.15, 0.2) is 23.1 Å². The molecule has 1 fully saturated rings. The van der Waals surface area contributed by atoms with Crippen LogP contribution in [-0.4, -0.2) is 53.7 Å². The molecule has 3 heterocycles. The van der Waals surface area contributed by atoms with E-state index in [4.69, 9.17) is 14.2 Å². The van der Waals surface area contributed by atoms with E-state index in [1.165, 1.54) is 48.2 Å². The number of benzene rings is 4. The third-order valence-electron chi connectivity index (χ3n) is 8.99. The van der Waals surface area contributed by atoms with Crippen molar-refractivity contribution < 1.29 is 27.8 Å². The molecule has 0 bridgehead atoms. The molecule has 9 nitrogen and oxygen atoms in total. The second kappa shape index (κ2) is 15.0. The number of hydrogen-bond acceptors (Lipinski definition) is 7. The van der Waals surface area contributed by atoms with E-state index in [-0.39, 0.29) is 28.1 Å². The van der Waals surface area contributed by atoms with Crippen LogP contribution in [0.4, 0.5) is 14.5 Å². The molecule has 0 atom stereocenters. The number of fused-ring (bicyclic) bond motifs is 2. The molecule has 260 valence electrons. The summed E-state index contributed by atoms with van der Waals surface area (Å²) >= 11 is 0. The average molecular weight is 691 g/mol. The summed E-state index contributed by atoms with van der Waals surface area (Å²) in [5.74, 6) is -0.740. The second-order valence-corrected chi connectivity index (χ2v) is 12.3. The van der Waals surface area contributed by atoms with Gasteiger partial charge in [-0.1, -0.05) is 30.7 Å². The Morgan fingerprint density at radius 1 is 0.843 bits per heavy atom. The van der Waals surface area contributed by atoms with Crippen molar-refractivity contribution in [2.75, 3.05) is 38.7 Å². The van der Waals surface area contributed by atoms with E-state index in [2.05, 4.69) is 15.2 Å². The van der Waals surface area contributed by atoms with E-state index in [0.29, 0.717) is 40.3 Å². The van der Waals surface area contributed by atoms with Crippen molar-refractivity contribution in [2.24, 2.45) is 0 Å². The Balaban J connectivity index is 1.09. The number of amides is 1. The molecular formula is C40H36F2N4O5. The van der Waals surface area contributed by atoms with Crippen LogP contribution in [0, 0.1) is 11.6 Å². The van der Waals surface area contributed by atoms with Gasteiger partial charge < -0.3 is 29.0 Å². The summed E-state index contributed by atoms with van der Waals surface area (Å²) in [6, 6.07) is 21.8. The summed E-state index contributed by atoms with van der Waals surface area (Å²) in [4.78, 5) is 33.7. The Morgan fingerprint density at radius 2 is 1.65 bits per heavy atom. The number of likely N-dealkylation sites (tertiary alicyclic amines) is 1. The third-order valence-corrected chi connectivity index (χ3v) is 8.99. The van der Waals surface area contributed by atoms with Gasteiger partial charge >= 0.3 is 0 Å². The Bertz CT molecular complexity index is 2290. The number of carbonyl (C=O) groups is 1. The largest absolute Gasteiger partial charge is 0.493 e. The summed E-state index contributed by atoms with van der Waals surface area (Å²) in [6.07, 6.45) is 7.54. The zero-order valence-corrected chi connectivity index (χ0v) is 28.0. The summed E-state index contributed by atoms with van der Waals surface area (Å²) in [7, 11) is 1.55. The molecule has 0 spiro atoms. The molecule has 1 N–H and O–H groups in total. The summed E-state index contributed by atoms with van der Waals surface area (Å²) in [6.45, 7) is 3.79. The van der Waals surface area contributed by atoms with Gasteiger partial charge in [-0.2, -0.15) is 0 Å². The average Bonchev–Trinajstić information content (AvgIpc) is 3.15. The SMILES string of the molecule is COc1cc2c(Oc3ccc(NC(=O)c4cn(-c5ccccc5F)c5ccccc5c4=O)cc3F)ccnc2cc1OCCCN1CCCCC1. The fraction of sp³-hybridized carbons (Fsp3) is 0.225. The number of nitrogens with zero attached hydrogens (tertiary/aromatic N) is 3. The highest BCUT2D eigenvalue weighted by molar-refractivity contribution is 6.06. The van der Waals surface area contributed by atoms with Gasteiger partial charge in [-0.3, -0.25) is 14.6 Å². The van der Waals surface area contributed by atoms with Crippen molar-refractivity contribution in [1.82, 2.24) is 14.5 Å². The van der Waals surface area contributed by atoms with E-state index in [0.717, 1.165) is 32.1 Å². The fourth-order valence-electron chi connectivity index (χ4n) is 6.41. The lowest BCUT2D eigenvalue weighted by Crippen LogP contribution is -2.31. The highest BCUT2D eigenvalue weighted by Gasteiger charge is 2.19. The summed E-state index contributed by atoms with van der Waals surface area (Å²) < 4.78 is 49.4. The highest BCUT2D eigenvalue weighted by atomic mass is 19.1. The van der Waals surface area contributed by atoms with Crippen molar-refractivity contribution in [1.29, 1.82) is 0 Å². The first-order chi connectivity index (χ1) is 24.9. The predicted octanol–water partition coefficient (Wildman–Crippen LogP) is 8.13. The maximum absolute atomic E-state index is 15.5. The number of ether oxygens (including phenoxy) is 3. The lowest BCUT2D eigenvalue weighted by atomic mass is 10.1. The van der Waals surface area contributed by atoms with Gasteiger partial charge in [0.2, 0.25) is 5.43 Å². The first-order valence-corrected chi connectivity index (χ1v) is 16.9. The molecule has 11 heteroatoms. The lowest BCUT2D eigenvalue weighted by molar-refractivity contribution is 0.102. The molecule has 4 aromatic carbocycles. The molecule has 0 aliphatic carbocycles. The lowest BCUT2D eigenvalue weighted by Gasteiger charge is -2.26. The van der Waals surface area contributed by atoms with Gasteiger partial charge in [-0.15, -0.1) is 0 Å². The Kier molecular flexibility index (Phi) is 9.89. The van der Waals surface area contributed by atoms with Crippen LogP contribution in [0.15, 0.2) is 102 Å². The van der Waals surface area contributed by atoms with Gasteiger partial charge in [0, 0.05) is 47.5 Å². The van der Waals surface area contributed by atoms with Crippen LogP contribution in [0.5, 0.6) is 23.0 Å². The third kappa shape index (κ3) is 7.25. The minimum Gasteiger partial charge on any atom is -0.493 e. The Hall–Kier alpha value is -5.81. The minimum atomic E-state index is -0.777. The van der Waals surface area contributed by atoms with Gasteiger partial charge in [0.25, 0.3) is 5.91 Å². The van der Waals surface area contributed by atoms with Crippen LogP contribution in [0.1, 0.15) is 36.0 Å². The molecule has 7 rings (SSSR count). The van der Waals surface area contributed by atoms with Crippen molar-refractivity contribution in [3.05, 3.63) is 125 Å². The number of halogens is 2. The predicted molar refractivity (Wildman–Crippen MR) is 193 cm³/mol. The number of anilines is 1. The van der Waals surface area contributed by atoms with Gasteiger partial charge in [-0.25, -0.2) is 8.78 Å². The minimum absolute atomic E-state index is 0.0925. The molecule has 1 amide bonds. The molecule has 1 aliphatic heterocycles. The Labute approximate surface area is 293 Å². The number of carbonyl (C=O) groups excluding carboxylic acids is 1. The summed E-state index contributed by atoms with van der Waals surface area (Å²) in [5.41, 5.74) is 0.508. The van der Waals surface area contributed by atoms with E-state index in [9.17, 15) is 14.0 Å². The number of pyridine rings is 2. The number of para-hydroxylation sites is 2. The number of aromatic nitrogens is 2. The van der Waals surface area contributed by atoms with Gasteiger partial charge in [0.05, 0.1) is 30.4 Å². The van der Waals surface area contributed by atoms with E-state index >= 15 is 4.39 Å². The molecule has 1 aliphatic rings. The van der Waals surface area contributed by atoms with Crippen molar-refractivity contribution in [3.8, 4) is 28.7 Å². The zero-order valence-electron chi connectivity index (χ0n) is 28.0. The van der Waals surface area contributed by atoms with Crippen molar-refractivity contribution in [3.63, 3.8) is 0 Å². The zero-order chi connectivity index (χ0) is 35.3. The molecule has 51 heavy (non-hydrogen) atoms. The number of hydrogen-bond donors (Lipinski definition) is 1. The molecule has 1 saturated heterocycles. The Morgan fingerprint density at radius 3 is 2.45 bits per heavy atom. The monoisotopic (exact) mass is 690 g/mol. The number of methoxy groups -OCH3 is 1. The fourth-order valence-corrected chi connectivity index (χ4v) is 6.41. The van der Waals surface area contributed by atoms with Crippen LogP contribution in [0.25, 0.3) is 27.5 Å².